The molecule has 1 aromatic carbocycles. The zero-order valence-corrected chi connectivity index (χ0v) is 15.1. The zero-order chi connectivity index (χ0) is 18.3. The molecule has 7 nitrogen and oxygen atoms in total. The van der Waals surface area contributed by atoms with Crippen LogP contribution >= 0.6 is 0 Å². The Morgan fingerprint density at radius 3 is 2.21 bits per heavy atom. The van der Waals surface area contributed by atoms with Gasteiger partial charge in [0.05, 0.1) is 16.3 Å². The van der Waals surface area contributed by atoms with Crippen molar-refractivity contribution in [1.29, 1.82) is 0 Å². The van der Waals surface area contributed by atoms with Gasteiger partial charge in [0.1, 0.15) is 10.5 Å². The first-order valence-corrected chi connectivity index (χ1v) is 8.82. The fourth-order valence-corrected chi connectivity index (χ4v) is 3.90. The number of benzene rings is 1. The summed E-state index contributed by atoms with van der Waals surface area (Å²) in [5, 5.41) is 4.04. The van der Waals surface area contributed by atoms with Crippen molar-refractivity contribution >= 4 is 21.6 Å². The first-order chi connectivity index (χ1) is 10.9. The first kappa shape index (κ1) is 18.0. The maximum absolute atomic E-state index is 12.9. The number of rotatable bonds is 2. The van der Waals surface area contributed by atoms with Crippen LogP contribution in [0.1, 0.15) is 32.2 Å². The van der Waals surface area contributed by atoms with Gasteiger partial charge in [-0.2, -0.15) is 9.78 Å². The van der Waals surface area contributed by atoms with E-state index in [1.54, 1.807) is 20.8 Å². The molecule has 0 unspecified atom stereocenters. The van der Waals surface area contributed by atoms with Gasteiger partial charge in [0, 0.05) is 5.69 Å². The van der Waals surface area contributed by atoms with Gasteiger partial charge in [-0.15, -0.1) is 0 Å². The van der Waals surface area contributed by atoms with Gasteiger partial charge in [-0.1, -0.05) is 0 Å². The molecule has 0 aliphatic carbocycles. The number of ether oxygens (including phenoxy) is 1. The molecule has 8 heteroatoms. The van der Waals surface area contributed by atoms with E-state index in [4.69, 9.17) is 10.5 Å². The molecule has 0 saturated carbocycles. The van der Waals surface area contributed by atoms with Crippen molar-refractivity contribution in [3.8, 4) is 0 Å². The number of nitrogens with zero attached hydrogens (tertiary/aromatic N) is 2. The number of aryl methyl sites for hydroxylation is 1. The van der Waals surface area contributed by atoms with Crippen molar-refractivity contribution in [3.05, 3.63) is 35.7 Å². The molecule has 0 radical (unpaired) electrons. The maximum atomic E-state index is 12.9. The Hall–Kier alpha value is -2.35. The fourth-order valence-electron chi connectivity index (χ4n) is 2.27. The third kappa shape index (κ3) is 3.43. The summed E-state index contributed by atoms with van der Waals surface area (Å²) in [5.41, 5.74) is 5.79. The van der Waals surface area contributed by atoms with Gasteiger partial charge in [0.25, 0.3) is 0 Å². The van der Waals surface area contributed by atoms with E-state index in [1.807, 2.05) is 0 Å². The summed E-state index contributed by atoms with van der Waals surface area (Å²) in [4.78, 5) is 12.3. The molecule has 0 fully saturated rings. The normalized spacial score (nSPS) is 12.2. The van der Waals surface area contributed by atoms with Crippen LogP contribution in [0.2, 0.25) is 0 Å². The summed E-state index contributed by atoms with van der Waals surface area (Å²) >= 11 is 0. The van der Waals surface area contributed by atoms with Crippen LogP contribution in [0.3, 0.4) is 0 Å². The number of carbonyl (C=O) groups excluding carboxylic acids is 1. The van der Waals surface area contributed by atoms with Crippen LogP contribution in [0.4, 0.5) is 10.5 Å². The van der Waals surface area contributed by atoms with Crippen LogP contribution in [-0.4, -0.2) is 29.9 Å². The predicted molar refractivity (Wildman–Crippen MR) is 89.6 cm³/mol. The fraction of sp³-hybridized carbons (Fsp3) is 0.375. The second-order valence-electron chi connectivity index (χ2n) is 6.46. The maximum Gasteiger partial charge on any atom is 0.435 e. The number of carbonyl (C=O) groups is 1. The number of nitrogen functional groups attached to an aromatic ring is 1. The van der Waals surface area contributed by atoms with Crippen LogP contribution in [0, 0.1) is 13.8 Å². The second kappa shape index (κ2) is 5.94. The number of hydrogen-bond donors (Lipinski definition) is 1. The van der Waals surface area contributed by atoms with Crippen molar-refractivity contribution < 1.29 is 17.9 Å². The van der Waals surface area contributed by atoms with E-state index in [0.29, 0.717) is 5.69 Å². The Labute approximate surface area is 141 Å². The van der Waals surface area contributed by atoms with Crippen LogP contribution in [0.5, 0.6) is 0 Å². The first-order valence-electron chi connectivity index (χ1n) is 7.33. The smallest absolute Gasteiger partial charge is 0.435 e. The van der Waals surface area contributed by atoms with Gasteiger partial charge >= 0.3 is 6.09 Å². The van der Waals surface area contributed by atoms with Crippen molar-refractivity contribution in [3.63, 3.8) is 0 Å². The molecule has 2 N–H and O–H groups in total. The standard InChI is InChI=1S/C16H21N3O4S/c1-10-14(24(21,22)13-8-6-12(17)7-9-13)11(2)19(18-10)15(20)23-16(3,4)5/h6-9H,17H2,1-5H3. The molecule has 2 rings (SSSR count). The minimum Gasteiger partial charge on any atom is -0.442 e. The summed E-state index contributed by atoms with van der Waals surface area (Å²) in [5.74, 6) is 0. The molecule has 0 spiro atoms. The van der Waals surface area contributed by atoms with Crippen molar-refractivity contribution in [2.45, 2.75) is 50.0 Å². The van der Waals surface area contributed by atoms with Gasteiger partial charge in [-0.3, -0.25) is 0 Å². The lowest BCUT2D eigenvalue weighted by atomic mass is 10.2. The molecule has 24 heavy (non-hydrogen) atoms. The summed E-state index contributed by atoms with van der Waals surface area (Å²) in [6, 6.07) is 5.87. The van der Waals surface area contributed by atoms with E-state index in [0.717, 1.165) is 4.68 Å². The van der Waals surface area contributed by atoms with Gasteiger partial charge < -0.3 is 10.5 Å². The lowest BCUT2D eigenvalue weighted by Gasteiger charge is -2.19. The molecule has 0 aliphatic rings. The van der Waals surface area contributed by atoms with Gasteiger partial charge in [-0.25, -0.2) is 13.2 Å². The molecule has 2 aromatic rings. The monoisotopic (exact) mass is 351 g/mol. The highest BCUT2D eigenvalue weighted by Gasteiger charge is 2.30. The Kier molecular flexibility index (Phi) is 4.45. The predicted octanol–water partition coefficient (Wildman–Crippen LogP) is 2.70. The number of anilines is 1. The molecule has 0 saturated heterocycles. The van der Waals surface area contributed by atoms with E-state index in [-0.39, 0.29) is 21.2 Å². The average molecular weight is 351 g/mol. The molecular weight excluding hydrogens is 330 g/mol. The van der Waals surface area contributed by atoms with E-state index in [1.165, 1.54) is 38.1 Å². The van der Waals surface area contributed by atoms with E-state index < -0.39 is 21.5 Å². The summed E-state index contributed by atoms with van der Waals surface area (Å²) in [6.07, 6.45) is -0.721. The molecule has 1 aromatic heterocycles. The Morgan fingerprint density at radius 2 is 1.71 bits per heavy atom. The number of nitrogens with two attached hydrogens (primary N) is 1. The van der Waals surface area contributed by atoms with Crippen molar-refractivity contribution in [2.24, 2.45) is 0 Å². The average Bonchev–Trinajstić information content (AvgIpc) is 2.73. The summed E-state index contributed by atoms with van der Waals surface area (Å²) in [7, 11) is -3.82. The Bertz CT molecular complexity index is 875. The Morgan fingerprint density at radius 1 is 1.17 bits per heavy atom. The van der Waals surface area contributed by atoms with E-state index in [9.17, 15) is 13.2 Å². The molecule has 1 heterocycles. The van der Waals surface area contributed by atoms with E-state index in [2.05, 4.69) is 5.10 Å². The molecule has 0 amide bonds. The van der Waals surface area contributed by atoms with Crippen molar-refractivity contribution in [1.82, 2.24) is 9.78 Å². The quantitative estimate of drug-likeness (QED) is 0.834. The minimum absolute atomic E-state index is 0.00173. The highest BCUT2D eigenvalue weighted by Crippen LogP contribution is 2.27. The van der Waals surface area contributed by atoms with Crippen LogP contribution < -0.4 is 5.73 Å². The topological polar surface area (TPSA) is 104 Å². The van der Waals surface area contributed by atoms with Crippen LogP contribution in [0.25, 0.3) is 0 Å². The van der Waals surface area contributed by atoms with E-state index >= 15 is 0 Å². The number of aromatic nitrogens is 2. The molecular formula is C16H21N3O4S. The molecule has 0 atom stereocenters. The summed E-state index contributed by atoms with van der Waals surface area (Å²) < 4.78 is 32.0. The van der Waals surface area contributed by atoms with Crippen LogP contribution in [-0.2, 0) is 14.6 Å². The molecule has 0 aliphatic heterocycles. The summed E-state index contributed by atoms with van der Waals surface area (Å²) in [6.45, 7) is 8.24. The van der Waals surface area contributed by atoms with Crippen LogP contribution in [0.15, 0.2) is 34.1 Å². The third-order valence-electron chi connectivity index (χ3n) is 3.25. The zero-order valence-electron chi connectivity index (χ0n) is 14.3. The minimum atomic E-state index is -3.82. The van der Waals surface area contributed by atoms with Gasteiger partial charge in [0.15, 0.2) is 0 Å². The number of hydrogen-bond acceptors (Lipinski definition) is 6. The van der Waals surface area contributed by atoms with Gasteiger partial charge in [0.2, 0.25) is 9.84 Å². The highest BCUT2D eigenvalue weighted by atomic mass is 32.2. The number of sulfone groups is 1. The SMILES string of the molecule is Cc1nn(C(=O)OC(C)(C)C)c(C)c1S(=O)(=O)c1ccc(N)cc1. The lowest BCUT2D eigenvalue weighted by molar-refractivity contribution is 0.0510. The molecule has 0 bridgehead atoms. The Balaban J connectivity index is 2.53. The largest absolute Gasteiger partial charge is 0.442 e. The third-order valence-corrected chi connectivity index (χ3v) is 5.27. The lowest BCUT2D eigenvalue weighted by Crippen LogP contribution is -2.28. The molecule has 130 valence electrons. The highest BCUT2D eigenvalue weighted by molar-refractivity contribution is 7.91. The second-order valence-corrected chi connectivity index (χ2v) is 8.35. The van der Waals surface area contributed by atoms with Gasteiger partial charge in [-0.05, 0) is 58.9 Å². The van der Waals surface area contributed by atoms with Crippen molar-refractivity contribution in [2.75, 3.05) is 5.73 Å².